The lowest BCUT2D eigenvalue weighted by molar-refractivity contribution is -0.309. The van der Waals surface area contributed by atoms with E-state index in [2.05, 4.69) is 4.99 Å². The summed E-state index contributed by atoms with van der Waals surface area (Å²) in [6.45, 7) is 1.19. The summed E-state index contributed by atoms with van der Waals surface area (Å²) in [6.07, 6.45) is -0.542. The maximum absolute atomic E-state index is 11.8. The number of aliphatic carboxylic acids is 1. The highest BCUT2D eigenvalue weighted by Crippen LogP contribution is 2.07. The molecule has 0 saturated heterocycles. The van der Waals surface area contributed by atoms with Gasteiger partial charge in [0.25, 0.3) is 5.56 Å². The van der Waals surface area contributed by atoms with Crippen LogP contribution in [0.25, 0.3) is 0 Å². The number of hydrogen-bond acceptors (Lipinski definition) is 7. The molecule has 0 bridgehead atoms. The molecule has 0 unspecified atom stereocenters. The summed E-state index contributed by atoms with van der Waals surface area (Å²) in [4.78, 5) is 37.5. The van der Waals surface area contributed by atoms with Crippen molar-refractivity contribution >= 4 is 12.2 Å². The van der Waals surface area contributed by atoms with E-state index in [1.165, 1.54) is 21.0 Å². The van der Waals surface area contributed by atoms with Crippen LogP contribution in [-0.2, 0) is 18.9 Å². The van der Waals surface area contributed by atoms with Gasteiger partial charge in [0.1, 0.15) is 11.6 Å². The van der Waals surface area contributed by atoms with Crippen LogP contribution in [0.3, 0.4) is 0 Å². The van der Waals surface area contributed by atoms with Crippen LogP contribution in [0, 0.1) is 0 Å². The van der Waals surface area contributed by atoms with Gasteiger partial charge in [0.2, 0.25) is 5.88 Å². The van der Waals surface area contributed by atoms with Crippen molar-refractivity contribution in [2.45, 2.75) is 19.1 Å². The second-order valence-electron chi connectivity index (χ2n) is 4.23. The monoisotopic (exact) mass is 284 g/mol. The number of nitrogens with zero attached hydrogens (tertiary/aromatic N) is 3. The number of carbonyl (C=O) groups is 1. The Morgan fingerprint density at radius 2 is 1.90 bits per heavy atom. The van der Waals surface area contributed by atoms with Crippen molar-refractivity contribution in [1.82, 2.24) is 9.13 Å². The molecule has 20 heavy (non-hydrogen) atoms. The molecule has 0 radical (unpaired) electrons. The average molecular weight is 284 g/mol. The molecule has 0 aromatic carbocycles. The maximum Gasteiger partial charge on any atom is 0.333 e. The minimum atomic E-state index is -1.63. The van der Waals surface area contributed by atoms with Gasteiger partial charge in [-0.25, -0.2) is 4.79 Å². The highest BCUT2D eigenvalue weighted by Gasteiger charge is 2.16. The third kappa shape index (κ3) is 2.77. The minimum Gasteiger partial charge on any atom is -0.548 e. The fourth-order valence-electron chi connectivity index (χ4n) is 1.51. The second kappa shape index (κ2) is 5.70. The van der Waals surface area contributed by atoms with Gasteiger partial charge in [-0.2, -0.15) is 0 Å². The number of carboxylic acid groups (broad SMARTS) is 1. The molecule has 0 aliphatic heterocycles. The van der Waals surface area contributed by atoms with Gasteiger partial charge in [0.15, 0.2) is 0 Å². The Kier molecular flexibility index (Phi) is 4.45. The number of carboxylic acids is 1. The van der Waals surface area contributed by atoms with E-state index < -0.39 is 35.2 Å². The largest absolute Gasteiger partial charge is 0.548 e. The van der Waals surface area contributed by atoms with E-state index in [9.17, 15) is 29.7 Å². The van der Waals surface area contributed by atoms with E-state index in [1.807, 2.05) is 0 Å². The molecular weight excluding hydrogens is 270 g/mol. The van der Waals surface area contributed by atoms with E-state index in [4.69, 9.17) is 0 Å². The Labute approximate surface area is 113 Å². The Morgan fingerprint density at radius 3 is 2.35 bits per heavy atom. The lowest BCUT2D eigenvalue weighted by atomic mass is 10.2. The zero-order valence-electron chi connectivity index (χ0n) is 11.1. The Bertz CT molecular complexity index is 670. The van der Waals surface area contributed by atoms with Crippen LogP contribution in [-0.4, -0.2) is 43.7 Å². The van der Waals surface area contributed by atoms with E-state index in [0.29, 0.717) is 0 Å². The Balaban J connectivity index is 3.40. The van der Waals surface area contributed by atoms with Crippen molar-refractivity contribution in [3.63, 3.8) is 0 Å². The maximum atomic E-state index is 11.8. The van der Waals surface area contributed by atoms with E-state index in [-0.39, 0.29) is 5.56 Å². The molecule has 9 nitrogen and oxygen atoms in total. The first-order valence-corrected chi connectivity index (χ1v) is 5.59. The molecule has 0 saturated carbocycles. The number of aromatic hydroxyl groups is 1. The summed E-state index contributed by atoms with van der Waals surface area (Å²) in [6, 6.07) is -1.59. The average Bonchev–Trinajstić information content (AvgIpc) is 2.37. The first-order valence-electron chi connectivity index (χ1n) is 5.59. The quantitative estimate of drug-likeness (QED) is 0.556. The molecule has 0 spiro atoms. The molecular formula is C11H14N3O6-. The highest BCUT2D eigenvalue weighted by atomic mass is 16.4. The zero-order valence-corrected chi connectivity index (χ0v) is 11.1. The summed E-state index contributed by atoms with van der Waals surface area (Å²) >= 11 is 0. The van der Waals surface area contributed by atoms with Crippen molar-refractivity contribution in [2.75, 3.05) is 0 Å². The van der Waals surface area contributed by atoms with Crippen molar-refractivity contribution < 1.29 is 20.1 Å². The lowest BCUT2D eigenvalue weighted by Crippen LogP contribution is -2.42. The van der Waals surface area contributed by atoms with Crippen LogP contribution in [0.4, 0.5) is 0 Å². The van der Waals surface area contributed by atoms with Crippen molar-refractivity contribution in [3.05, 3.63) is 26.4 Å². The molecule has 2 atom stereocenters. The number of rotatable bonds is 4. The van der Waals surface area contributed by atoms with Gasteiger partial charge in [-0.1, -0.05) is 0 Å². The van der Waals surface area contributed by atoms with Gasteiger partial charge in [0.05, 0.1) is 12.1 Å². The standard InChI is InChI=1S/C11H15N3O6/c1-5(15)7(10(18)19)12-4-6-8(16)13(2)11(20)14(3)9(6)17/h4-5,7,15-16H,1-3H3,(H,18,19)/p-1/t5-,7-/m1/s1. The number of carbonyl (C=O) groups excluding carboxylic acids is 1. The van der Waals surface area contributed by atoms with Crippen LogP contribution < -0.4 is 16.4 Å². The molecule has 0 aliphatic carbocycles. The first-order chi connectivity index (χ1) is 9.18. The van der Waals surface area contributed by atoms with Crippen molar-refractivity contribution in [3.8, 4) is 5.88 Å². The van der Waals surface area contributed by atoms with Gasteiger partial charge in [0, 0.05) is 20.3 Å². The van der Waals surface area contributed by atoms with Gasteiger partial charge < -0.3 is 20.1 Å². The van der Waals surface area contributed by atoms with E-state index in [1.54, 1.807) is 0 Å². The van der Waals surface area contributed by atoms with Crippen LogP contribution in [0.5, 0.6) is 5.88 Å². The summed E-state index contributed by atoms with van der Waals surface area (Å²) in [5.41, 5.74) is -1.94. The zero-order chi connectivity index (χ0) is 15.6. The summed E-state index contributed by atoms with van der Waals surface area (Å²) in [5, 5.41) is 29.7. The Morgan fingerprint density at radius 1 is 1.35 bits per heavy atom. The molecule has 1 heterocycles. The predicted octanol–water partition coefficient (Wildman–Crippen LogP) is -3.29. The van der Waals surface area contributed by atoms with Crippen LogP contribution in [0.1, 0.15) is 12.5 Å². The van der Waals surface area contributed by atoms with Crippen molar-refractivity contribution in [2.24, 2.45) is 19.1 Å². The normalized spacial score (nSPS) is 14.4. The smallest absolute Gasteiger partial charge is 0.333 e. The fourth-order valence-corrected chi connectivity index (χ4v) is 1.51. The van der Waals surface area contributed by atoms with E-state index in [0.717, 1.165) is 15.3 Å². The Hall–Kier alpha value is -2.42. The molecule has 0 fully saturated rings. The third-order valence-electron chi connectivity index (χ3n) is 2.73. The molecule has 110 valence electrons. The molecule has 0 aliphatic rings. The number of aliphatic hydroxyl groups excluding tert-OH is 1. The van der Waals surface area contributed by atoms with Crippen molar-refractivity contribution in [1.29, 1.82) is 0 Å². The minimum absolute atomic E-state index is 0.360. The number of aromatic nitrogens is 2. The van der Waals surface area contributed by atoms with Crippen LogP contribution in [0.2, 0.25) is 0 Å². The predicted molar refractivity (Wildman–Crippen MR) is 66.7 cm³/mol. The molecule has 1 aromatic heterocycles. The van der Waals surface area contributed by atoms with E-state index >= 15 is 0 Å². The third-order valence-corrected chi connectivity index (χ3v) is 2.73. The molecule has 1 aromatic rings. The van der Waals surface area contributed by atoms with Crippen LogP contribution in [0.15, 0.2) is 14.6 Å². The number of aliphatic imine (C=N–C) groups is 1. The topological polar surface area (TPSA) is 137 Å². The summed E-state index contributed by atoms with van der Waals surface area (Å²) in [7, 11) is 2.44. The highest BCUT2D eigenvalue weighted by molar-refractivity contribution is 5.84. The second-order valence-corrected chi connectivity index (χ2v) is 4.23. The van der Waals surface area contributed by atoms with Gasteiger partial charge >= 0.3 is 5.69 Å². The van der Waals surface area contributed by atoms with Crippen LogP contribution >= 0.6 is 0 Å². The lowest BCUT2D eigenvalue weighted by Gasteiger charge is -2.16. The SMILES string of the molecule is C[C@@H](O)[C@@H](N=Cc1c(O)n(C)c(=O)n(C)c1=O)C(=O)[O-]. The molecule has 1 rings (SSSR count). The number of hydrogen-bond donors (Lipinski definition) is 2. The molecule has 2 N–H and O–H groups in total. The van der Waals surface area contributed by atoms with Gasteiger partial charge in [-0.3, -0.25) is 18.9 Å². The number of aliphatic hydroxyl groups is 1. The van der Waals surface area contributed by atoms with Gasteiger partial charge in [-0.15, -0.1) is 0 Å². The van der Waals surface area contributed by atoms with Gasteiger partial charge in [-0.05, 0) is 6.92 Å². The fraction of sp³-hybridized carbons (Fsp3) is 0.455. The molecule has 0 amide bonds. The summed E-state index contributed by atoms with van der Waals surface area (Å²) in [5.74, 6) is -2.28. The summed E-state index contributed by atoms with van der Waals surface area (Å²) < 4.78 is 1.54. The molecule has 9 heteroatoms. The first kappa shape index (κ1) is 15.6.